The Morgan fingerprint density at radius 1 is 1.06 bits per heavy atom. The van der Waals surface area contributed by atoms with Gasteiger partial charge in [-0.25, -0.2) is 0 Å². The van der Waals surface area contributed by atoms with Crippen LogP contribution in [0.25, 0.3) is 0 Å². The van der Waals surface area contributed by atoms with Crippen molar-refractivity contribution < 1.29 is 0 Å². The summed E-state index contributed by atoms with van der Waals surface area (Å²) in [4.78, 5) is 8.49. The fourth-order valence-corrected chi connectivity index (χ4v) is 1.72. The molecule has 0 amide bonds. The number of nitrogens with zero attached hydrogens (tertiary/aromatic N) is 2. The molecule has 2 aromatic rings. The molecular formula is C14H16N2. The van der Waals surface area contributed by atoms with Gasteiger partial charge in [-0.15, -0.1) is 0 Å². The van der Waals surface area contributed by atoms with Gasteiger partial charge in [-0.05, 0) is 55.5 Å². The molecular weight excluding hydrogens is 196 g/mol. The van der Waals surface area contributed by atoms with Crippen LogP contribution < -0.4 is 0 Å². The van der Waals surface area contributed by atoms with Crippen LogP contribution in [0.5, 0.6) is 0 Å². The first-order valence-corrected chi connectivity index (χ1v) is 5.48. The van der Waals surface area contributed by atoms with Crippen molar-refractivity contribution in [2.45, 2.75) is 27.2 Å². The number of aromatic nitrogens is 2. The lowest BCUT2D eigenvalue weighted by atomic mass is 10.0. The molecule has 0 saturated heterocycles. The number of pyridine rings is 2. The summed E-state index contributed by atoms with van der Waals surface area (Å²) < 4.78 is 0. The Hall–Kier alpha value is -1.70. The fraction of sp³-hybridized carbons (Fsp3) is 0.286. The molecule has 2 heterocycles. The predicted molar refractivity (Wildman–Crippen MR) is 65.5 cm³/mol. The Bertz CT molecular complexity index is 504. The third kappa shape index (κ3) is 2.27. The Kier molecular flexibility index (Phi) is 3.00. The standard InChI is InChI=1S/C14H16N2/c1-10-6-13(9-16-12(10)3)7-14-4-5-15-8-11(14)2/h4-6,8-9H,7H2,1-3H3. The Morgan fingerprint density at radius 2 is 1.88 bits per heavy atom. The molecule has 82 valence electrons. The SMILES string of the molecule is Cc1cnccc1Cc1cnc(C)c(C)c1. The van der Waals surface area contributed by atoms with Gasteiger partial charge in [-0.2, -0.15) is 0 Å². The van der Waals surface area contributed by atoms with Gasteiger partial charge in [-0.1, -0.05) is 6.07 Å². The van der Waals surface area contributed by atoms with Crippen LogP contribution in [0.3, 0.4) is 0 Å². The van der Waals surface area contributed by atoms with Gasteiger partial charge in [0.25, 0.3) is 0 Å². The van der Waals surface area contributed by atoms with Crippen LogP contribution >= 0.6 is 0 Å². The maximum Gasteiger partial charge on any atom is 0.0401 e. The summed E-state index contributed by atoms with van der Waals surface area (Å²) in [6.45, 7) is 6.23. The summed E-state index contributed by atoms with van der Waals surface area (Å²) in [6.07, 6.45) is 6.64. The number of hydrogen-bond donors (Lipinski definition) is 0. The van der Waals surface area contributed by atoms with Crippen molar-refractivity contribution in [3.8, 4) is 0 Å². The van der Waals surface area contributed by atoms with Gasteiger partial charge in [0.2, 0.25) is 0 Å². The van der Waals surface area contributed by atoms with Crippen molar-refractivity contribution in [2.24, 2.45) is 0 Å². The lowest BCUT2D eigenvalue weighted by Gasteiger charge is -2.06. The molecule has 0 N–H and O–H groups in total. The zero-order valence-corrected chi connectivity index (χ0v) is 9.99. The lowest BCUT2D eigenvalue weighted by Crippen LogP contribution is -1.95. The van der Waals surface area contributed by atoms with Gasteiger partial charge >= 0.3 is 0 Å². The van der Waals surface area contributed by atoms with E-state index >= 15 is 0 Å². The van der Waals surface area contributed by atoms with Gasteiger partial charge in [0.1, 0.15) is 0 Å². The van der Waals surface area contributed by atoms with Crippen LogP contribution in [0, 0.1) is 20.8 Å². The minimum atomic E-state index is 0.933. The fourth-order valence-electron chi connectivity index (χ4n) is 1.72. The molecule has 0 atom stereocenters. The monoisotopic (exact) mass is 212 g/mol. The molecule has 2 nitrogen and oxygen atoms in total. The molecule has 0 saturated carbocycles. The summed E-state index contributed by atoms with van der Waals surface area (Å²) >= 11 is 0. The predicted octanol–water partition coefficient (Wildman–Crippen LogP) is 2.99. The zero-order valence-electron chi connectivity index (χ0n) is 9.99. The third-order valence-electron chi connectivity index (χ3n) is 2.93. The minimum Gasteiger partial charge on any atom is -0.264 e. The van der Waals surface area contributed by atoms with Gasteiger partial charge in [0, 0.05) is 24.3 Å². The Morgan fingerprint density at radius 3 is 2.56 bits per heavy atom. The van der Waals surface area contributed by atoms with E-state index in [1.54, 1.807) is 0 Å². The molecule has 0 spiro atoms. The molecule has 0 aromatic carbocycles. The van der Waals surface area contributed by atoms with Gasteiger partial charge in [0.05, 0.1) is 0 Å². The molecule has 0 fully saturated rings. The van der Waals surface area contributed by atoms with Crippen LogP contribution in [0.2, 0.25) is 0 Å². The van der Waals surface area contributed by atoms with E-state index in [1.807, 2.05) is 25.5 Å². The van der Waals surface area contributed by atoms with E-state index in [2.05, 4.69) is 35.9 Å². The highest BCUT2D eigenvalue weighted by molar-refractivity contribution is 5.31. The highest BCUT2D eigenvalue weighted by Gasteiger charge is 2.02. The average molecular weight is 212 g/mol. The normalized spacial score (nSPS) is 10.4. The van der Waals surface area contributed by atoms with E-state index in [1.165, 1.54) is 22.3 Å². The highest BCUT2D eigenvalue weighted by Crippen LogP contribution is 2.14. The van der Waals surface area contributed by atoms with Crippen LogP contribution in [0.15, 0.2) is 30.7 Å². The summed E-state index contributed by atoms with van der Waals surface area (Å²) in [5.41, 5.74) is 6.18. The molecule has 0 radical (unpaired) electrons. The van der Waals surface area contributed by atoms with E-state index in [4.69, 9.17) is 0 Å². The molecule has 0 aliphatic carbocycles. The quantitative estimate of drug-likeness (QED) is 0.764. The first-order chi connectivity index (χ1) is 7.66. The van der Waals surface area contributed by atoms with Crippen LogP contribution in [-0.2, 0) is 6.42 Å². The topological polar surface area (TPSA) is 25.8 Å². The third-order valence-corrected chi connectivity index (χ3v) is 2.93. The smallest absolute Gasteiger partial charge is 0.0401 e. The molecule has 0 bridgehead atoms. The van der Waals surface area contributed by atoms with E-state index in [-0.39, 0.29) is 0 Å². The van der Waals surface area contributed by atoms with Crippen molar-refractivity contribution in [2.75, 3.05) is 0 Å². The summed E-state index contributed by atoms with van der Waals surface area (Å²) in [6, 6.07) is 4.28. The Balaban J connectivity index is 2.28. The number of rotatable bonds is 2. The molecule has 16 heavy (non-hydrogen) atoms. The van der Waals surface area contributed by atoms with E-state index in [0.717, 1.165) is 12.1 Å². The van der Waals surface area contributed by atoms with Gasteiger partial charge in [-0.3, -0.25) is 9.97 Å². The van der Waals surface area contributed by atoms with Crippen molar-refractivity contribution in [3.63, 3.8) is 0 Å². The Labute approximate surface area is 96.4 Å². The van der Waals surface area contributed by atoms with Crippen molar-refractivity contribution >= 4 is 0 Å². The largest absolute Gasteiger partial charge is 0.264 e. The minimum absolute atomic E-state index is 0.933. The van der Waals surface area contributed by atoms with E-state index in [0.29, 0.717) is 0 Å². The number of aryl methyl sites for hydroxylation is 3. The van der Waals surface area contributed by atoms with Crippen molar-refractivity contribution in [1.29, 1.82) is 0 Å². The molecule has 2 rings (SSSR count). The van der Waals surface area contributed by atoms with E-state index in [9.17, 15) is 0 Å². The first kappa shape index (κ1) is 10.8. The average Bonchev–Trinajstić information content (AvgIpc) is 2.27. The highest BCUT2D eigenvalue weighted by atomic mass is 14.7. The van der Waals surface area contributed by atoms with Crippen molar-refractivity contribution in [3.05, 3.63) is 58.7 Å². The van der Waals surface area contributed by atoms with Crippen LogP contribution in [-0.4, -0.2) is 9.97 Å². The molecule has 0 aliphatic rings. The molecule has 0 unspecified atom stereocenters. The second-order valence-corrected chi connectivity index (χ2v) is 4.22. The first-order valence-electron chi connectivity index (χ1n) is 5.48. The summed E-state index contributed by atoms with van der Waals surface area (Å²) in [5, 5.41) is 0. The molecule has 2 aromatic heterocycles. The lowest BCUT2D eigenvalue weighted by molar-refractivity contribution is 1.06. The van der Waals surface area contributed by atoms with E-state index < -0.39 is 0 Å². The summed E-state index contributed by atoms with van der Waals surface area (Å²) in [5.74, 6) is 0. The van der Waals surface area contributed by atoms with Crippen LogP contribution in [0.4, 0.5) is 0 Å². The maximum absolute atomic E-state index is 4.39. The van der Waals surface area contributed by atoms with Crippen molar-refractivity contribution in [1.82, 2.24) is 9.97 Å². The molecule has 0 aliphatic heterocycles. The van der Waals surface area contributed by atoms with Gasteiger partial charge < -0.3 is 0 Å². The van der Waals surface area contributed by atoms with Gasteiger partial charge in [0.15, 0.2) is 0 Å². The maximum atomic E-state index is 4.39. The second kappa shape index (κ2) is 4.44. The second-order valence-electron chi connectivity index (χ2n) is 4.22. The zero-order chi connectivity index (χ0) is 11.5. The molecule has 2 heteroatoms. The van der Waals surface area contributed by atoms with Crippen LogP contribution in [0.1, 0.15) is 27.9 Å². The summed E-state index contributed by atoms with van der Waals surface area (Å²) in [7, 11) is 0. The number of hydrogen-bond acceptors (Lipinski definition) is 2.